The first-order valence-electron chi connectivity index (χ1n) is 3.57. The molecule has 0 aliphatic heterocycles. The van der Waals surface area contributed by atoms with Gasteiger partial charge in [0.25, 0.3) is 0 Å². The molecule has 1 aromatic heterocycles. The molecule has 0 amide bonds. The van der Waals surface area contributed by atoms with Crippen LogP contribution in [0.5, 0.6) is 0 Å². The van der Waals surface area contributed by atoms with Crippen molar-refractivity contribution in [2.75, 3.05) is 0 Å². The Morgan fingerprint density at radius 2 is 1.92 bits per heavy atom. The molecule has 0 saturated heterocycles. The minimum atomic E-state index is -0.245. The van der Waals surface area contributed by atoms with Crippen LogP contribution in [0.15, 0.2) is 41.0 Å². The number of hydrogen-bond acceptors (Lipinski definition) is 1. The molecular formula is C10H6FO. The van der Waals surface area contributed by atoms with Crippen LogP contribution in [0.4, 0.5) is 4.39 Å². The fraction of sp³-hybridized carbons (Fsp3) is 0. The highest BCUT2D eigenvalue weighted by Gasteiger charge is 1.99. The molecule has 59 valence electrons. The molecule has 0 spiro atoms. The maximum atomic E-state index is 12.5. The van der Waals surface area contributed by atoms with Crippen LogP contribution < -0.4 is 0 Å². The van der Waals surface area contributed by atoms with Gasteiger partial charge in [0.2, 0.25) is 0 Å². The van der Waals surface area contributed by atoms with E-state index in [-0.39, 0.29) is 5.82 Å². The van der Waals surface area contributed by atoms with Crippen molar-refractivity contribution in [3.8, 4) is 11.3 Å². The molecule has 0 bridgehead atoms. The Balaban J connectivity index is 2.43. The predicted octanol–water partition coefficient (Wildman–Crippen LogP) is 2.89. The lowest BCUT2D eigenvalue weighted by molar-refractivity contribution is 0.581. The molecule has 2 rings (SSSR count). The van der Waals surface area contributed by atoms with Gasteiger partial charge in [0.15, 0.2) is 0 Å². The molecule has 0 aliphatic rings. The maximum absolute atomic E-state index is 12.5. The van der Waals surface area contributed by atoms with Crippen molar-refractivity contribution in [1.29, 1.82) is 0 Å². The lowest BCUT2D eigenvalue weighted by atomic mass is 10.2. The summed E-state index contributed by atoms with van der Waals surface area (Å²) in [6, 6.07) is 10.7. The van der Waals surface area contributed by atoms with E-state index in [0.717, 1.165) is 5.56 Å². The average molecular weight is 161 g/mol. The summed E-state index contributed by atoms with van der Waals surface area (Å²) in [5.41, 5.74) is 0.835. The van der Waals surface area contributed by atoms with E-state index in [9.17, 15) is 4.39 Å². The number of benzene rings is 1. The Hall–Kier alpha value is -1.57. The van der Waals surface area contributed by atoms with Crippen molar-refractivity contribution in [3.63, 3.8) is 0 Å². The van der Waals surface area contributed by atoms with Gasteiger partial charge in [0.05, 0.1) is 6.26 Å². The van der Waals surface area contributed by atoms with Crippen molar-refractivity contribution in [2.45, 2.75) is 0 Å². The fourth-order valence-corrected chi connectivity index (χ4v) is 0.998. The van der Waals surface area contributed by atoms with Gasteiger partial charge in [-0.2, -0.15) is 0 Å². The van der Waals surface area contributed by atoms with Crippen molar-refractivity contribution >= 4 is 0 Å². The zero-order valence-corrected chi connectivity index (χ0v) is 6.25. The molecule has 12 heavy (non-hydrogen) atoms. The van der Waals surface area contributed by atoms with E-state index in [2.05, 4.69) is 6.07 Å². The highest BCUT2D eigenvalue weighted by molar-refractivity contribution is 5.55. The third-order valence-corrected chi connectivity index (χ3v) is 1.57. The number of rotatable bonds is 1. The van der Waals surface area contributed by atoms with Gasteiger partial charge in [-0.1, -0.05) is 0 Å². The van der Waals surface area contributed by atoms with Crippen molar-refractivity contribution in [2.24, 2.45) is 0 Å². The minimum Gasteiger partial charge on any atom is -0.464 e. The molecule has 1 nitrogen and oxygen atoms in total. The summed E-state index contributed by atoms with van der Waals surface area (Å²) in [4.78, 5) is 0. The smallest absolute Gasteiger partial charge is 0.141 e. The number of furan rings is 1. The first kappa shape index (κ1) is 7.10. The first-order valence-corrected chi connectivity index (χ1v) is 3.57. The molecule has 0 aliphatic carbocycles. The zero-order chi connectivity index (χ0) is 8.39. The second kappa shape index (κ2) is 2.81. The van der Waals surface area contributed by atoms with Crippen LogP contribution in [0, 0.1) is 11.9 Å². The Labute approximate surface area is 69.4 Å². The molecular weight excluding hydrogens is 155 g/mol. The normalized spacial score (nSPS) is 10.1. The van der Waals surface area contributed by atoms with E-state index in [1.807, 2.05) is 0 Å². The van der Waals surface area contributed by atoms with E-state index < -0.39 is 0 Å². The van der Waals surface area contributed by atoms with E-state index in [1.165, 1.54) is 12.1 Å². The molecule has 1 heterocycles. The summed E-state index contributed by atoms with van der Waals surface area (Å²) in [7, 11) is 0. The van der Waals surface area contributed by atoms with Gasteiger partial charge < -0.3 is 4.42 Å². The SMILES string of the molecule is Fc1ccc(-c2[c]cco2)cc1. The second-order valence-electron chi connectivity index (χ2n) is 2.40. The van der Waals surface area contributed by atoms with Gasteiger partial charge in [-0.3, -0.25) is 0 Å². The Kier molecular flexibility index (Phi) is 1.67. The Bertz CT molecular complexity index is 348. The summed E-state index contributed by atoms with van der Waals surface area (Å²) < 4.78 is 17.6. The molecule has 0 unspecified atom stereocenters. The topological polar surface area (TPSA) is 13.1 Å². The van der Waals surface area contributed by atoms with Gasteiger partial charge in [-0.05, 0) is 30.3 Å². The van der Waals surface area contributed by atoms with Crippen LogP contribution >= 0.6 is 0 Å². The molecule has 2 aromatic rings. The van der Waals surface area contributed by atoms with E-state index in [1.54, 1.807) is 24.5 Å². The molecule has 0 N–H and O–H groups in total. The molecule has 0 atom stereocenters. The molecule has 0 saturated carbocycles. The number of halogens is 1. The summed E-state index contributed by atoms with van der Waals surface area (Å²) in [5.74, 6) is 0.389. The molecule has 2 heteroatoms. The van der Waals surface area contributed by atoms with Crippen LogP contribution in [0.1, 0.15) is 0 Å². The quantitative estimate of drug-likeness (QED) is 0.626. The molecule has 0 fully saturated rings. The predicted molar refractivity (Wildman–Crippen MR) is 42.9 cm³/mol. The summed E-state index contributed by atoms with van der Waals surface area (Å²) >= 11 is 0. The third-order valence-electron chi connectivity index (χ3n) is 1.57. The monoisotopic (exact) mass is 161 g/mol. The van der Waals surface area contributed by atoms with Crippen molar-refractivity contribution in [3.05, 3.63) is 48.5 Å². The summed E-state index contributed by atoms with van der Waals surface area (Å²) in [6.45, 7) is 0. The maximum Gasteiger partial charge on any atom is 0.141 e. The second-order valence-corrected chi connectivity index (χ2v) is 2.40. The zero-order valence-electron chi connectivity index (χ0n) is 6.25. The highest BCUT2D eigenvalue weighted by atomic mass is 19.1. The van der Waals surface area contributed by atoms with Crippen LogP contribution in [-0.2, 0) is 0 Å². The Morgan fingerprint density at radius 1 is 1.17 bits per heavy atom. The lowest BCUT2D eigenvalue weighted by Gasteiger charge is -1.94. The average Bonchev–Trinajstić information content (AvgIpc) is 2.58. The van der Waals surface area contributed by atoms with Gasteiger partial charge >= 0.3 is 0 Å². The van der Waals surface area contributed by atoms with Gasteiger partial charge in [0.1, 0.15) is 11.6 Å². The molecule has 1 radical (unpaired) electrons. The fourth-order valence-electron chi connectivity index (χ4n) is 0.998. The van der Waals surface area contributed by atoms with Crippen LogP contribution in [-0.4, -0.2) is 0 Å². The first-order chi connectivity index (χ1) is 5.86. The van der Waals surface area contributed by atoms with Crippen LogP contribution in [0.2, 0.25) is 0 Å². The van der Waals surface area contributed by atoms with Crippen molar-refractivity contribution < 1.29 is 8.81 Å². The highest BCUT2D eigenvalue weighted by Crippen LogP contribution is 2.18. The molecule has 1 aromatic carbocycles. The summed E-state index contributed by atoms with van der Waals surface area (Å²) in [6.07, 6.45) is 1.54. The van der Waals surface area contributed by atoms with E-state index in [4.69, 9.17) is 4.42 Å². The third kappa shape index (κ3) is 1.23. The van der Waals surface area contributed by atoms with E-state index >= 15 is 0 Å². The lowest BCUT2D eigenvalue weighted by Crippen LogP contribution is -1.74. The Morgan fingerprint density at radius 3 is 2.50 bits per heavy atom. The van der Waals surface area contributed by atoms with Crippen molar-refractivity contribution in [1.82, 2.24) is 0 Å². The van der Waals surface area contributed by atoms with Crippen LogP contribution in [0.25, 0.3) is 11.3 Å². The number of hydrogen-bond donors (Lipinski definition) is 0. The van der Waals surface area contributed by atoms with Gasteiger partial charge in [-0.25, -0.2) is 4.39 Å². The summed E-state index contributed by atoms with van der Waals surface area (Å²) in [5, 5.41) is 0. The largest absolute Gasteiger partial charge is 0.464 e. The minimum absolute atomic E-state index is 0.245. The van der Waals surface area contributed by atoms with Gasteiger partial charge in [-0.15, -0.1) is 0 Å². The van der Waals surface area contributed by atoms with Gasteiger partial charge in [0, 0.05) is 11.6 Å². The standard InChI is InChI=1S/C10H6FO/c11-9-5-3-8(4-6-9)10-2-1-7-12-10/h1,3-7H. The van der Waals surface area contributed by atoms with Crippen LogP contribution in [0.3, 0.4) is 0 Å². The van der Waals surface area contributed by atoms with E-state index in [0.29, 0.717) is 5.76 Å².